The summed E-state index contributed by atoms with van der Waals surface area (Å²) in [6, 6.07) is 0.320. The van der Waals surface area contributed by atoms with Gasteiger partial charge in [-0.1, -0.05) is 6.92 Å². The number of rotatable bonds is 8. The molecule has 0 saturated carbocycles. The highest BCUT2D eigenvalue weighted by Crippen LogP contribution is 1.92. The predicted octanol–water partition coefficient (Wildman–Crippen LogP) is 0.916. The first-order chi connectivity index (χ1) is 7.10. The number of amides is 1. The first kappa shape index (κ1) is 14.4. The van der Waals surface area contributed by atoms with Gasteiger partial charge in [0, 0.05) is 25.1 Å². The molecular formula is C11H24N2O2. The van der Waals surface area contributed by atoms with Gasteiger partial charge < -0.3 is 15.4 Å². The van der Waals surface area contributed by atoms with Crippen molar-refractivity contribution in [3.8, 4) is 0 Å². The van der Waals surface area contributed by atoms with E-state index in [1.54, 1.807) is 0 Å². The Morgan fingerprint density at radius 2 is 1.93 bits per heavy atom. The van der Waals surface area contributed by atoms with E-state index in [4.69, 9.17) is 4.74 Å². The molecule has 0 aromatic carbocycles. The number of ether oxygens (including phenoxy) is 1. The summed E-state index contributed by atoms with van der Waals surface area (Å²) < 4.78 is 5.22. The maximum atomic E-state index is 11.5. The minimum Gasteiger partial charge on any atom is -0.380 e. The quantitative estimate of drug-likeness (QED) is 0.634. The van der Waals surface area contributed by atoms with Crippen LogP contribution in [0.15, 0.2) is 0 Å². The summed E-state index contributed by atoms with van der Waals surface area (Å²) in [4.78, 5) is 11.5. The number of carbonyl (C=O) groups is 1. The Morgan fingerprint density at radius 3 is 2.47 bits per heavy atom. The topological polar surface area (TPSA) is 50.4 Å². The molecule has 0 radical (unpaired) electrons. The molecule has 0 aliphatic heterocycles. The smallest absolute Gasteiger partial charge is 0.221 e. The second kappa shape index (κ2) is 8.68. The standard InChI is InChI=1S/C11H24N2O2/c1-5-12-9(3)7-11(14)13-10(4)8-15-6-2/h9-10,12H,5-8H2,1-4H3,(H,13,14). The Balaban J connectivity index is 3.63. The van der Waals surface area contributed by atoms with Crippen LogP contribution in [0.3, 0.4) is 0 Å². The van der Waals surface area contributed by atoms with Crippen LogP contribution in [0.4, 0.5) is 0 Å². The number of hydrogen-bond acceptors (Lipinski definition) is 3. The molecule has 0 aromatic rings. The Kier molecular flexibility index (Phi) is 8.33. The third kappa shape index (κ3) is 8.39. The van der Waals surface area contributed by atoms with Crippen LogP contribution < -0.4 is 10.6 Å². The van der Waals surface area contributed by atoms with Gasteiger partial charge in [0.15, 0.2) is 0 Å². The van der Waals surface area contributed by atoms with Crippen LogP contribution in [0.25, 0.3) is 0 Å². The van der Waals surface area contributed by atoms with Crippen molar-refractivity contribution in [2.24, 2.45) is 0 Å². The molecule has 4 nitrogen and oxygen atoms in total. The van der Waals surface area contributed by atoms with Crippen molar-refractivity contribution in [2.45, 2.75) is 46.2 Å². The van der Waals surface area contributed by atoms with E-state index in [0.717, 1.165) is 6.54 Å². The molecule has 0 saturated heterocycles. The maximum Gasteiger partial charge on any atom is 0.221 e. The zero-order valence-corrected chi connectivity index (χ0v) is 10.3. The van der Waals surface area contributed by atoms with E-state index in [-0.39, 0.29) is 18.0 Å². The third-order valence-electron chi connectivity index (χ3n) is 2.02. The lowest BCUT2D eigenvalue weighted by atomic mass is 10.2. The van der Waals surface area contributed by atoms with Crippen molar-refractivity contribution in [3.63, 3.8) is 0 Å². The molecule has 0 aromatic heterocycles. The van der Waals surface area contributed by atoms with E-state index >= 15 is 0 Å². The van der Waals surface area contributed by atoms with Crippen LogP contribution in [0, 0.1) is 0 Å². The number of nitrogens with one attached hydrogen (secondary N) is 2. The van der Waals surface area contributed by atoms with E-state index in [0.29, 0.717) is 19.6 Å². The second-order valence-electron chi connectivity index (χ2n) is 3.79. The summed E-state index contributed by atoms with van der Waals surface area (Å²) in [5, 5.41) is 6.10. The SMILES string of the molecule is CCNC(C)CC(=O)NC(C)COCC. The predicted molar refractivity (Wildman–Crippen MR) is 61.9 cm³/mol. The van der Waals surface area contributed by atoms with E-state index in [1.165, 1.54) is 0 Å². The lowest BCUT2D eigenvalue weighted by Gasteiger charge is -2.16. The molecule has 4 heteroatoms. The maximum absolute atomic E-state index is 11.5. The fraction of sp³-hybridized carbons (Fsp3) is 0.909. The molecular weight excluding hydrogens is 192 g/mol. The summed E-state index contributed by atoms with van der Waals surface area (Å²) in [6.07, 6.45) is 0.518. The van der Waals surface area contributed by atoms with Crippen molar-refractivity contribution in [2.75, 3.05) is 19.8 Å². The van der Waals surface area contributed by atoms with Crippen molar-refractivity contribution in [3.05, 3.63) is 0 Å². The van der Waals surface area contributed by atoms with Gasteiger partial charge in [-0.05, 0) is 27.3 Å². The average Bonchev–Trinajstić information content (AvgIpc) is 2.14. The lowest BCUT2D eigenvalue weighted by molar-refractivity contribution is -0.122. The minimum atomic E-state index is 0.0793. The van der Waals surface area contributed by atoms with Crippen LogP contribution in [-0.2, 0) is 9.53 Å². The average molecular weight is 216 g/mol. The molecule has 15 heavy (non-hydrogen) atoms. The summed E-state index contributed by atoms with van der Waals surface area (Å²) in [7, 11) is 0. The summed E-state index contributed by atoms with van der Waals surface area (Å²) in [6.45, 7) is 10.1. The van der Waals surface area contributed by atoms with Crippen molar-refractivity contribution < 1.29 is 9.53 Å². The Hall–Kier alpha value is -0.610. The second-order valence-corrected chi connectivity index (χ2v) is 3.79. The Bertz CT molecular complexity index is 174. The fourth-order valence-electron chi connectivity index (χ4n) is 1.37. The van der Waals surface area contributed by atoms with E-state index in [1.807, 2.05) is 27.7 Å². The Labute approximate surface area is 92.8 Å². The van der Waals surface area contributed by atoms with Crippen LogP contribution in [0.2, 0.25) is 0 Å². The van der Waals surface area contributed by atoms with Gasteiger partial charge in [-0.3, -0.25) is 4.79 Å². The molecule has 0 heterocycles. The van der Waals surface area contributed by atoms with Gasteiger partial charge in [0.25, 0.3) is 0 Å². The molecule has 2 unspecified atom stereocenters. The van der Waals surface area contributed by atoms with E-state index < -0.39 is 0 Å². The van der Waals surface area contributed by atoms with Crippen molar-refractivity contribution in [1.29, 1.82) is 0 Å². The highest BCUT2D eigenvalue weighted by Gasteiger charge is 2.10. The largest absolute Gasteiger partial charge is 0.380 e. The fourth-order valence-corrected chi connectivity index (χ4v) is 1.37. The molecule has 0 aliphatic rings. The number of hydrogen-bond donors (Lipinski definition) is 2. The highest BCUT2D eigenvalue weighted by molar-refractivity contribution is 5.76. The molecule has 2 atom stereocenters. The highest BCUT2D eigenvalue weighted by atomic mass is 16.5. The van der Waals surface area contributed by atoms with Gasteiger partial charge in [-0.2, -0.15) is 0 Å². The molecule has 1 amide bonds. The van der Waals surface area contributed by atoms with E-state index in [2.05, 4.69) is 10.6 Å². The van der Waals surface area contributed by atoms with Crippen LogP contribution >= 0.6 is 0 Å². The molecule has 2 N–H and O–H groups in total. The molecule has 0 spiro atoms. The summed E-state index contributed by atoms with van der Waals surface area (Å²) >= 11 is 0. The minimum absolute atomic E-state index is 0.0793. The molecule has 90 valence electrons. The molecule has 0 aliphatic carbocycles. The Morgan fingerprint density at radius 1 is 1.27 bits per heavy atom. The van der Waals surface area contributed by atoms with Gasteiger partial charge in [0.2, 0.25) is 5.91 Å². The van der Waals surface area contributed by atoms with Crippen molar-refractivity contribution in [1.82, 2.24) is 10.6 Å². The van der Waals surface area contributed by atoms with Gasteiger partial charge in [-0.25, -0.2) is 0 Å². The van der Waals surface area contributed by atoms with Gasteiger partial charge in [0.1, 0.15) is 0 Å². The summed E-state index contributed by atoms with van der Waals surface area (Å²) in [5.41, 5.74) is 0. The van der Waals surface area contributed by atoms with Gasteiger partial charge in [-0.15, -0.1) is 0 Å². The van der Waals surface area contributed by atoms with Crippen LogP contribution in [0.1, 0.15) is 34.1 Å². The molecule has 0 bridgehead atoms. The monoisotopic (exact) mass is 216 g/mol. The third-order valence-corrected chi connectivity index (χ3v) is 2.02. The molecule has 0 fully saturated rings. The van der Waals surface area contributed by atoms with Crippen LogP contribution in [0.5, 0.6) is 0 Å². The normalized spacial score (nSPS) is 14.7. The van der Waals surface area contributed by atoms with E-state index in [9.17, 15) is 4.79 Å². The molecule has 0 rings (SSSR count). The van der Waals surface area contributed by atoms with Gasteiger partial charge >= 0.3 is 0 Å². The zero-order valence-electron chi connectivity index (χ0n) is 10.3. The van der Waals surface area contributed by atoms with Gasteiger partial charge in [0.05, 0.1) is 6.61 Å². The lowest BCUT2D eigenvalue weighted by Crippen LogP contribution is -2.39. The number of carbonyl (C=O) groups excluding carboxylic acids is 1. The first-order valence-corrected chi connectivity index (χ1v) is 5.70. The van der Waals surface area contributed by atoms with Crippen LogP contribution in [-0.4, -0.2) is 37.7 Å². The zero-order chi connectivity index (χ0) is 11.7. The summed E-state index contributed by atoms with van der Waals surface area (Å²) in [5.74, 6) is 0.0793. The van der Waals surface area contributed by atoms with Crippen molar-refractivity contribution >= 4 is 5.91 Å². The first-order valence-electron chi connectivity index (χ1n) is 5.70.